The van der Waals surface area contributed by atoms with Crippen LogP contribution in [0.5, 0.6) is 0 Å². The second-order valence-electron chi connectivity index (χ2n) is 7.81. The van der Waals surface area contributed by atoms with Crippen LogP contribution >= 0.6 is 0 Å². The summed E-state index contributed by atoms with van der Waals surface area (Å²) in [7, 11) is 1.48. The van der Waals surface area contributed by atoms with Gasteiger partial charge in [0.2, 0.25) is 11.8 Å². The van der Waals surface area contributed by atoms with E-state index in [4.69, 9.17) is 9.26 Å². The molecule has 7 nitrogen and oxygen atoms in total. The van der Waals surface area contributed by atoms with E-state index < -0.39 is 0 Å². The lowest BCUT2D eigenvalue weighted by atomic mass is 9.89. The molecule has 2 saturated heterocycles. The van der Waals surface area contributed by atoms with E-state index in [0.717, 1.165) is 11.3 Å². The molecule has 1 aromatic carbocycles. The molecule has 154 valence electrons. The Balaban J connectivity index is 1.53. The number of nitrogens with zero attached hydrogens (tertiary/aromatic N) is 3. The highest BCUT2D eigenvalue weighted by Crippen LogP contribution is 2.45. The average molecular weight is 401 g/mol. The summed E-state index contributed by atoms with van der Waals surface area (Å²) in [5, 5.41) is 3.82. The maximum atomic E-state index is 13.9. The zero-order chi connectivity index (χ0) is 20.5. The van der Waals surface area contributed by atoms with Gasteiger partial charge in [-0.15, -0.1) is 0 Å². The summed E-state index contributed by atoms with van der Waals surface area (Å²) >= 11 is 0. The number of methoxy groups -OCH3 is 1. The van der Waals surface area contributed by atoms with Crippen molar-refractivity contribution in [2.24, 2.45) is 11.8 Å². The van der Waals surface area contributed by atoms with Crippen molar-refractivity contribution in [3.8, 4) is 0 Å². The fourth-order valence-electron chi connectivity index (χ4n) is 4.59. The molecule has 29 heavy (non-hydrogen) atoms. The Morgan fingerprint density at radius 2 is 2.07 bits per heavy atom. The molecular formula is C21H24FN3O4. The molecule has 2 aromatic rings. The van der Waals surface area contributed by atoms with Gasteiger partial charge in [0.05, 0.1) is 18.2 Å². The lowest BCUT2D eigenvalue weighted by Crippen LogP contribution is -2.39. The minimum absolute atomic E-state index is 0.0151. The van der Waals surface area contributed by atoms with Crippen molar-refractivity contribution in [2.45, 2.75) is 19.4 Å². The number of carbonyl (C=O) groups excluding carboxylic acids is 2. The van der Waals surface area contributed by atoms with Gasteiger partial charge >= 0.3 is 0 Å². The molecule has 2 aliphatic heterocycles. The van der Waals surface area contributed by atoms with Crippen LogP contribution in [-0.2, 0) is 20.7 Å². The van der Waals surface area contributed by atoms with E-state index in [9.17, 15) is 14.0 Å². The summed E-state index contributed by atoms with van der Waals surface area (Å²) in [4.78, 5) is 28.9. The van der Waals surface area contributed by atoms with Gasteiger partial charge in [-0.1, -0.05) is 17.3 Å². The second kappa shape index (κ2) is 7.94. The number of ether oxygens (including phenoxy) is 1. The average Bonchev–Trinajstić information content (AvgIpc) is 3.35. The standard InChI is InChI=1S/C21H24FN3O4/c1-13-6-17(29-23-13)8-19(26)24-9-15-10-25(20(27)12-28-2)21(18(15)11-24)14-4-3-5-16(22)7-14/h3-7,15,18,21H,8-12H2,1-2H3/t15-,18-,21+/m1/s1. The SMILES string of the molecule is COCC(=O)N1C[C@H]2CN(C(=O)Cc3cc(C)no3)C[C@H]2[C@@H]1c1cccc(F)c1. The van der Waals surface area contributed by atoms with E-state index in [0.29, 0.717) is 25.4 Å². The third-order valence-corrected chi connectivity index (χ3v) is 5.80. The molecule has 0 unspecified atom stereocenters. The minimum Gasteiger partial charge on any atom is -0.375 e. The fourth-order valence-corrected chi connectivity index (χ4v) is 4.59. The predicted molar refractivity (Wildman–Crippen MR) is 101 cm³/mol. The van der Waals surface area contributed by atoms with Crippen molar-refractivity contribution < 1.29 is 23.2 Å². The van der Waals surface area contributed by atoms with Crippen LogP contribution in [0, 0.1) is 24.6 Å². The molecule has 1 aromatic heterocycles. The first-order valence-electron chi connectivity index (χ1n) is 9.70. The van der Waals surface area contributed by atoms with Gasteiger partial charge in [0.1, 0.15) is 18.2 Å². The first-order valence-corrected chi connectivity index (χ1v) is 9.70. The largest absolute Gasteiger partial charge is 0.375 e. The highest BCUT2D eigenvalue weighted by Gasteiger charge is 2.50. The molecule has 2 fully saturated rings. The number of hydrogen-bond donors (Lipinski definition) is 0. The number of aromatic nitrogens is 1. The van der Waals surface area contributed by atoms with Gasteiger partial charge in [-0.3, -0.25) is 9.59 Å². The van der Waals surface area contributed by atoms with Crippen molar-refractivity contribution in [2.75, 3.05) is 33.4 Å². The predicted octanol–water partition coefficient (Wildman–Crippen LogP) is 1.97. The summed E-state index contributed by atoms with van der Waals surface area (Å²) in [6.07, 6.45) is 0.164. The number of fused-ring (bicyclic) bond motifs is 1. The Morgan fingerprint density at radius 3 is 2.76 bits per heavy atom. The number of benzene rings is 1. The number of amides is 2. The van der Waals surface area contributed by atoms with E-state index in [1.807, 2.05) is 17.9 Å². The van der Waals surface area contributed by atoms with E-state index in [1.54, 1.807) is 17.0 Å². The topological polar surface area (TPSA) is 75.9 Å². The highest BCUT2D eigenvalue weighted by molar-refractivity contribution is 5.80. The number of likely N-dealkylation sites (tertiary alicyclic amines) is 2. The minimum atomic E-state index is -0.336. The molecule has 3 heterocycles. The van der Waals surface area contributed by atoms with Crippen molar-refractivity contribution in [3.63, 3.8) is 0 Å². The van der Waals surface area contributed by atoms with Gasteiger partial charge in [0, 0.05) is 44.6 Å². The molecule has 4 rings (SSSR count). The molecule has 2 aliphatic rings. The molecule has 0 aliphatic carbocycles. The smallest absolute Gasteiger partial charge is 0.249 e. The normalized spacial score (nSPS) is 23.5. The van der Waals surface area contributed by atoms with Crippen molar-refractivity contribution >= 4 is 11.8 Å². The number of halogens is 1. The highest BCUT2D eigenvalue weighted by atomic mass is 19.1. The first kappa shape index (κ1) is 19.6. The first-order chi connectivity index (χ1) is 14.0. The van der Waals surface area contributed by atoms with E-state index in [1.165, 1.54) is 19.2 Å². The number of rotatable bonds is 5. The maximum Gasteiger partial charge on any atom is 0.249 e. The zero-order valence-corrected chi connectivity index (χ0v) is 16.5. The number of carbonyl (C=O) groups is 2. The molecule has 0 N–H and O–H groups in total. The van der Waals surface area contributed by atoms with Crippen LogP contribution in [0.2, 0.25) is 0 Å². The molecule has 3 atom stereocenters. The van der Waals surface area contributed by atoms with Crippen molar-refractivity contribution in [1.82, 2.24) is 15.0 Å². The third kappa shape index (κ3) is 3.89. The third-order valence-electron chi connectivity index (χ3n) is 5.80. The van der Waals surface area contributed by atoms with E-state index in [-0.39, 0.29) is 48.5 Å². The maximum absolute atomic E-state index is 13.9. The lowest BCUT2D eigenvalue weighted by Gasteiger charge is -2.30. The summed E-state index contributed by atoms with van der Waals surface area (Å²) in [6, 6.07) is 7.84. The van der Waals surface area contributed by atoms with Gasteiger partial charge in [-0.25, -0.2) is 4.39 Å². The van der Waals surface area contributed by atoms with Gasteiger partial charge in [-0.05, 0) is 24.6 Å². The lowest BCUT2D eigenvalue weighted by molar-refractivity contribution is -0.137. The molecule has 2 amide bonds. The second-order valence-corrected chi connectivity index (χ2v) is 7.81. The summed E-state index contributed by atoms with van der Waals surface area (Å²) < 4.78 is 24.1. The summed E-state index contributed by atoms with van der Waals surface area (Å²) in [5.41, 5.74) is 1.49. The van der Waals surface area contributed by atoms with Crippen molar-refractivity contribution in [3.05, 3.63) is 53.2 Å². The Morgan fingerprint density at radius 1 is 1.24 bits per heavy atom. The summed E-state index contributed by atoms with van der Waals surface area (Å²) in [5.74, 6) is 0.261. The van der Waals surface area contributed by atoms with Gasteiger partial charge < -0.3 is 19.1 Å². The monoisotopic (exact) mass is 401 g/mol. The molecule has 0 bridgehead atoms. The van der Waals surface area contributed by atoms with Crippen molar-refractivity contribution in [1.29, 1.82) is 0 Å². The molecular weight excluding hydrogens is 377 g/mol. The van der Waals surface area contributed by atoms with Gasteiger partial charge in [-0.2, -0.15) is 0 Å². The van der Waals surface area contributed by atoms with Crippen LogP contribution in [0.3, 0.4) is 0 Å². The van der Waals surface area contributed by atoms with Crippen LogP contribution < -0.4 is 0 Å². The Kier molecular flexibility index (Phi) is 5.36. The van der Waals surface area contributed by atoms with Crippen LogP contribution in [0.4, 0.5) is 4.39 Å². The summed E-state index contributed by atoms with van der Waals surface area (Å²) in [6.45, 7) is 3.42. The fraction of sp³-hybridized carbons (Fsp3) is 0.476. The molecule has 8 heteroatoms. The molecule has 0 saturated carbocycles. The number of hydrogen-bond acceptors (Lipinski definition) is 5. The Bertz CT molecular complexity index is 915. The van der Waals surface area contributed by atoms with E-state index in [2.05, 4.69) is 5.16 Å². The van der Waals surface area contributed by atoms with Crippen LogP contribution in [-0.4, -0.2) is 60.1 Å². The zero-order valence-electron chi connectivity index (χ0n) is 16.5. The van der Waals surface area contributed by atoms with Gasteiger partial charge in [0.25, 0.3) is 0 Å². The molecule has 0 radical (unpaired) electrons. The van der Waals surface area contributed by atoms with Gasteiger partial charge in [0.15, 0.2) is 0 Å². The Hall–Kier alpha value is -2.74. The molecule has 0 spiro atoms. The van der Waals surface area contributed by atoms with Crippen LogP contribution in [0.25, 0.3) is 0 Å². The van der Waals surface area contributed by atoms with Crippen LogP contribution in [0.1, 0.15) is 23.1 Å². The van der Waals surface area contributed by atoms with Crippen LogP contribution in [0.15, 0.2) is 34.9 Å². The quantitative estimate of drug-likeness (QED) is 0.766. The van der Waals surface area contributed by atoms with E-state index >= 15 is 0 Å². The Labute approximate surface area is 168 Å². The number of aryl methyl sites for hydroxylation is 1.